The smallest absolute Gasteiger partial charge is 0.435 e. The number of methoxy groups -OCH3 is 1. The predicted molar refractivity (Wildman–Crippen MR) is 53.5 cm³/mol. The molecule has 0 unspecified atom stereocenters. The van der Waals surface area contributed by atoms with Crippen LogP contribution in [-0.4, -0.2) is 37.3 Å². The fourth-order valence-electron chi connectivity index (χ4n) is 0.508. The maximum Gasteiger partial charge on any atom is 0.435 e. The number of amidine groups is 1. The van der Waals surface area contributed by atoms with Crippen LogP contribution in [0.3, 0.4) is 0 Å². The standard InChI is InChI=1S/C7H12N2O4S/c1-4-13-7(11)9-5(14-3)8-6(10)12-2/h4H2,1-3H3,(H,8,9,10,11). The van der Waals surface area contributed by atoms with E-state index in [4.69, 9.17) is 0 Å². The third-order valence-electron chi connectivity index (χ3n) is 1.05. The van der Waals surface area contributed by atoms with E-state index < -0.39 is 12.2 Å². The van der Waals surface area contributed by atoms with Crippen molar-refractivity contribution in [3.05, 3.63) is 0 Å². The Kier molecular flexibility index (Phi) is 6.55. The molecule has 14 heavy (non-hydrogen) atoms. The minimum absolute atomic E-state index is 0.135. The first-order chi connectivity index (χ1) is 6.63. The molecule has 80 valence electrons. The number of ether oxygens (including phenoxy) is 2. The molecule has 0 aromatic carbocycles. The molecule has 0 aliphatic rings. The highest BCUT2D eigenvalue weighted by atomic mass is 32.2. The third-order valence-corrected chi connectivity index (χ3v) is 1.63. The molecule has 7 heteroatoms. The van der Waals surface area contributed by atoms with Crippen molar-refractivity contribution in [2.24, 2.45) is 4.99 Å². The Labute approximate surface area is 86.0 Å². The topological polar surface area (TPSA) is 77.0 Å². The van der Waals surface area contributed by atoms with E-state index in [2.05, 4.69) is 19.8 Å². The van der Waals surface area contributed by atoms with Gasteiger partial charge in [-0.3, -0.25) is 5.32 Å². The number of hydrogen-bond donors (Lipinski definition) is 1. The molecule has 0 saturated heterocycles. The number of carbonyl (C=O) groups excluding carboxylic acids is 2. The van der Waals surface area contributed by atoms with E-state index >= 15 is 0 Å². The molecule has 0 spiro atoms. The van der Waals surface area contributed by atoms with Crippen LogP contribution in [0.25, 0.3) is 0 Å². The molecule has 6 nitrogen and oxygen atoms in total. The summed E-state index contributed by atoms with van der Waals surface area (Å²) in [6, 6.07) is 0. The van der Waals surface area contributed by atoms with Gasteiger partial charge in [-0.25, -0.2) is 9.59 Å². The number of nitrogens with one attached hydrogen (secondary N) is 1. The van der Waals surface area contributed by atoms with Crippen LogP contribution in [0.2, 0.25) is 0 Å². The molecular formula is C7H12N2O4S. The van der Waals surface area contributed by atoms with Crippen LogP contribution in [0.15, 0.2) is 4.99 Å². The van der Waals surface area contributed by atoms with Crippen LogP contribution in [0, 0.1) is 0 Å². The quantitative estimate of drug-likeness (QED) is 0.531. The maximum absolute atomic E-state index is 10.9. The summed E-state index contributed by atoms with van der Waals surface area (Å²) < 4.78 is 8.89. The largest absolute Gasteiger partial charge is 0.451 e. The summed E-state index contributed by atoms with van der Waals surface area (Å²) in [5, 5.41) is 2.42. The van der Waals surface area contributed by atoms with Gasteiger partial charge in [0.1, 0.15) is 0 Å². The number of thioether (sulfide) groups is 1. The van der Waals surface area contributed by atoms with Crippen LogP contribution in [-0.2, 0) is 9.47 Å². The molecule has 2 amide bonds. The zero-order valence-electron chi connectivity index (χ0n) is 8.20. The van der Waals surface area contributed by atoms with E-state index in [1.807, 2.05) is 0 Å². The number of amides is 2. The molecule has 0 aromatic rings. The van der Waals surface area contributed by atoms with Gasteiger partial charge in [0.05, 0.1) is 13.7 Å². The van der Waals surface area contributed by atoms with Gasteiger partial charge < -0.3 is 9.47 Å². The molecular weight excluding hydrogens is 208 g/mol. The minimum atomic E-state index is -0.772. The predicted octanol–water partition coefficient (Wildman–Crippen LogP) is 1.22. The van der Waals surface area contributed by atoms with Gasteiger partial charge in [0, 0.05) is 0 Å². The van der Waals surface area contributed by atoms with Crippen molar-refractivity contribution < 1.29 is 19.1 Å². The Balaban J connectivity index is 4.21. The van der Waals surface area contributed by atoms with Crippen molar-refractivity contribution in [3.8, 4) is 0 Å². The van der Waals surface area contributed by atoms with Gasteiger partial charge in [0.15, 0.2) is 5.17 Å². The van der Waals surface area contributed by atoms with Gasteiger partial charge in [-0.15, -0.1) is 0 Å². The Bertz CT molecular complexity index is 242. The third kappa shape index (κ3) is 5.41. The number of carbonyl (C=O) groups is 2. The van der Waals surface area contributed by atoms with Crippen molar-refractivity contribution in [3.63, 3.8) is 0 Å². The fourth-order valence-corrected chi connectivity index (χ4v) is 0.859. The van der Waals surface area contributed by atoms with Gasteiger partial charge in [-0.2, -0.15) is 4.99 Å². The van der Waals surface area contributed by atoms with Crippen molar-refractivity contribution >= 4 is 29.1 Å². The molecule has 0 aliphatic carbocycles. The summed E-state index contributed by atoms with van der Waals surface area (Å²) in [6.45, 7) is 1.93. The van der Waals surface area contributed by atoms with E-state index in [1.54, 1.807) is 13.2 Å². The van der Waals surface area contributed by atoms with E-state index in [1.165, 1.54) is 7.11 Å². The zero-order chi connectivity index (χ0) is 11.0. The van der Waals surface area contributed by atoms with Crippen LogP contribution in [0.1, 0.15) is 6.92 Å². The van der Waals surface area contributed by atoms with Gasteiger partial charge in [-0.1, -0.05) is 11.8 Å². The fraction of sp³-hybridized carbons (Fsp3) is 0.571. The average Bonchev–Trinajstić information content (AvgIpc) is 2.16. The zero-order valence-corrected chi connectivity index (χ0v) is 9.01. The Morgan fingerprint density at radius 3 is 2.57 bits per heavy atom. The number of alkyl carbamates (subject to hydrolysis) is 1. The Hall–Kier alpha value is -1.24. The van der Waals surface area contributed by atoms with Gasteiger partial charge in [0.2, 0.25) is 0 Å². The summed E-state index contributed by atoms with van der Waals surface area (Å²) in [7, 11) is 1.20. The second kappa shape index (κ2) is 7.19. The molecule has 0 saturated carbocycles. The molecule has 0 radical (unpaired) electrons. The molecule has 0 aromatic heterocycles. The first-order valence-corrected chi connectivity index (χ1v) is 5.00. The summed E-state index contributed by atoms with van der Waals surface area (Å²) >= 11 is 1.11. The highest BCUT2D eigenvalue weighted by molar-refractivity contribution is 8.13. The van der Waals surface area contributed by atoms with Crippen molar-refractivity contribution in [2.45, 2.75) is 6.92 Å². The van der Waals surface area contributed by atoms with Crippen molar-refractivity contribution in [1.29, 1.82) is 0 Å². The summed E-state index contributed by atoms with van der Waals surface area (Å²) in [5.41, 5.74) is 0. The molecule has 1 N–H and O–H groups in total. The van der Waals surface area contributed by atoms with Crippen LogP contribution in [0.5, 0.6) is 0 Å². The van der Waals surface area contributed by atoms with E-state index in [0.717, 1.165) is 11.8 Å². The van der Waals surface area contributed by atoms with E-state index in [9.17, 15) is 9.59 Å². The molecule has 0 bridgehead atoms. The Morgan fingerprint density at radius 2 is 2.14 bits per heavy atom. The lowest BCUT2D eigenvalue weighted by atomic mass is 10.9. The summed E-state index contributed by atoms with van der Waals surface area (Å²) in [6.07, 6.45) is 0.240. The maximum atomic E-state index is 10.9. The second-order valence-corrected chi connectivity index (χ2v) is 2.73. The van der Waals surface area contributed by atoms with E-state index in [0.29, 0.717) is 0 Å². The Morgan fingerprint density at radius 1 is 1.50 bits per heavy atom. The normalized spacial score (nSPS) is 10.6. The lowest BCUT2D eigenvalue weighted by molar-refractivity contribution is 0.158. The average molecular weight is 220 g/mol. The van der Waals surface area contributed by atoms with Crippen molar-refractivity contribution in [1.82, 2.24) is 5.32 Å². The van der Waals surface area contributed by atoms with Crippen LogP contribution in [0.4, 0.5) is 9.59 Å². The number of aliphatic imine (C=N–C) groups is 1. The highest BCUT2D eigenvalue weighted by Gasteiger charge is 2.07. The van der Waals surface area contributed by atoms with E-state index in [-0.39, 0.29) is 11.8 Å². The first-order valence-electron chi connectivity index (χ1n) is 3.78. The molecule has 0 rings (SSSR count). The molecule has 0 heterocycles. The summed E-state index contributed by atoms with van der Waals surface area (Å²) in [5.74, 6) is 0. The van der Waals surface area contributed by atoms with Crippen LogP contribution < -0.4 is 5.32 Å². The van der Waals surface area contributed by atoms with Gasteiger partial charge in [0.25, 0.3) is 0 Å². The number of nitrogens with zero attached hydrogens (tertiary/aromatic N) is 1. The van der Waals surface area contributed by atoms with Crippen molar-refractivity contribution in [2.75, 3.05) is 20.0 Å². The first kappa shape index (κ1) is 12.8. The molecule has 0 fully saturated rings. The van der Waals surface area contributed by atoms with Gasteiger partial charge >= 0.3 is 12.2 Å². The lowest BCUT2D eigenvalue weighted by Gasteiger charge is -2.04. The summed E-state index contributed by atoms with van der Waals surface area (Å²) in [4.78, 5) is 25.1. The lowest BCUT2D eigenvalue weighted by Crippen LogP contribution is -2.29. The molecule has 0 atom stereocenters. The van der Waals surface area contributed by atoms with Crippen LogP contribution >= 0.6 is 11.8 Å². The molecule has 0 aliphatic heterocycles. The second-order valence-electron chi connectivity index (χ2n) is 1.94. The SMILES string of the molecule is CCOC(=O)NC(=NC(=O)OC)SC. The minimum Gasteiger partial charge on any atom is -0.451 e. The monoisotopic (exact) mass is 220 g/mol. The van der Waals surface area contributed by atoms with Gasteiger partial charge in [-0.05, 0) is 13.2 Å². The number of rotatable bonds is 1. The number of hydrogen-bond acceptors (Lipinski definition) is 5. The highest BCUT2D eigenvalue weighted by Crippen LogP contribution is 1.97.